The minimum absolute atomic E-state index is 0.782. The maximum atomic E-state index is 2.68. The Balaban J connectivity index is 2.00. The van der Waals surface area contributed by atoms with Crippen LogP contribution in [0, 0.1) is 5.92 Å². The fraction of sp³-hybridized carbons (Fsp3) is 1.00. The first kappa shape index (κ1) is 15.2. The molecule has 2 rings (SSSR count). The van der Waals surface area contributed by atoms with Gasteiger partial charge in [-0.1, -0.05) is 6.92 Å². The van der Waals surface area contributed by atoms with Gasteiger partial charge in [0.1, 0.15) is 0 Å². The van der Waals surface area contributed by atoms with Crippen molar-refractivity contribution in [1.29, 1.82) is 0 Å². The monoisotopic (exact) mass is 268 g/mol. The molecule has 0 N–H and O–H groups in total. The number of rotatable bonds is 0. The quantitative estimate of drug-likeness (QED) is 0.634. The zero-order chi connectivity index (χ0) is 13.7. The number of hydrogen-bond acceptors (Lipinski definition) is 4. The number of fused-ring (bicyclic) bond motifs is 3. The summed E-state index contributed by atoms with van der Waals surface area (Å²) in [7, 11) is 4.55. The molecule has 0 aromatic heterocycles. The minimum Gasteiger partial charge on any atom is -0.305 e. The molecule has 0 aliphatic carbocycles. The van der Waals surface area contributed by atoms with Crippen molar-refractivity contribution < 1.29 is 0 Å². The van der Waals surface area contributed by atoms with Crippen molar-refractivity contribution in [2.75, 3.05) is 79.5 Å². The summed E-state index contributed by atoms with van der Waals surface area (Å²) in [5, 5.41) is 0. The molecule has 4 heteroatoms. The Morgan fingerprint density at radius 2 is 1.26 bits per heavy atom. The van der Waals surface area contributed by atoms with E-state index < -0.39 is 0 Å². The highest BCUT2D eigenvalue weighted by Gasteiger charge is 2.18. The smallest absolute Gasteiger partial charge is 0.0110 e. The normalized spacial score (nSPS) is 37.1. The van der Waals surface area contributed by atoms with E-state index in [1.807, 2.05) is 0 Å². The maximum Gasteiger partial charge on any atom is 0.0110 e. The van der Waals surface area contributed by atoms with E-state index in [9.17, 15) is 0 Å². The molecular formula is C15H32N4. The van der Waals surface area contributed by atoms with Gasteiger partial charge in [0.15, 0.2) is 0 Å². The number of nitrogens with zero attached hydrogens (tertiary/aromatic N) is 4. The summed E-state index contributed by atoms with van der Waals surface area (Å²) in [5.41, 5.74) is 0. The summed E-state index contributed by atoms with van der Waals surface area (Å²) < 4.78 is 0. The Kier molecular flexibility index (Phi) is 6.07. The lowest BCUT2D eigenvalue weighted by atomic mass is 10.1. The molecule has 19 heavy (non-hydrogen) atoms. The van der Waals surface area contributed by atoms with Crippen LogP contribution in [0.3, 0.4) is 0 Å². The van der Waals surface area contributed by atoms with Crippen molar-refractivity contribution in [1.82, 2.24) is 19.6 Å². The van der Waals surface area contributed by atoms with Gasteiger partial charge in [-0.15, -0.1) is 0 Å². The second-order valence-electron chi connectivity index (χ2n) is 6.67. The SMILES string of the molecule is CC1CN(C)CCN2CCCN(C)CCN(CC2)C1. The van der Waals surface area contributed by atoms with E-state index in [0.717, 1.165) is 5.92 Å². The average Bonchev–Trinajstić information content (AvgIpc) is 2.37. The fourth-order valence-corrected chi connectivity index (χ4v) is 3.33. The van der Waals surface area contributed by atoms with Crippen LogP contribution in [0.15, 0.2) is 0 Å². The summed E-state index contributed by atoms with van der Waals surface area (Å²) in [4.78, 5) is 10.4. The Morgan fingerprint density at radius 3 is 2.11 bits per heavy atom. The second kappa shape index (κ2) is 7.58. The second-order valence-corrected chi connectivity index (χ2v) is 6.67. The van der Waals surface area contributed by atoms with E-state index in [-0.39, 0.29) is 0 Å². The van der Waals surface area contributed by atoms with E-state index in [4.69, 9.17) is 0 Å². The third kappa shape index (κ3) is 5.38. The molecule has 0 aromatic rings. The summed E-state index contributed by atoms with van der Waals surface area (Å²) in [6.45, 7) is 14.8. The standard InChI is InChI=1S/C15H32N4/c1-15-13-17(3)8-9-18-6-4-5-16(2)7-10-19(14-15)12-11-18/h15H,4-14H2,1-3H3. The van der Waals surface area contributed by atoms with E-state index in [0.29, 0.717) is 0 Å². The summed E-state index contributed by atoms with van der Waals surface area (Å²) in [6, 6.07) is 0. The molecule has 2 saturated heterocycles. The summed E-state index contributed by atoms with van der Waals surface area (Å²) >= 11 is 0. The van der Waals surface area contributed by atoms with Gasteiger partial charge in [0.05, 0.1) is 0 Å². The zero-order valence-electron chi connectivity index (χ0n) is 13.1. The van der Waals surface area contributed by atoms with Crippen LogP contribution in [0.1, 0.15) is 13.3 Å². The predicted octanol–water partition coefficient (Wildman–Crippen LogP) is 0.507. The van der Waals surface area contributed by atoms with Crippen LogP contribution in [0.5, 0.6) is 0 Å². The lowest BCUT2D eigenvalue weighted by Crippen LogP contribution is -2.47. The van der Waals surface area contributed by atoms with Crippen LogP contribution in [-0.2, 0) is 0 Å². The molecule has 3 unspecified atom stereocenters. The molecule has 0 amide bonds. The Bertz CT molecular complexity index is 259. The van der Waals surface area contributed by atoms with E-state index in [2.05, 4.69) is 40.6 Å². The topological polar surface area (TPSA) is 13.0 Å². The van der Waals surface area contributed by atoms with Crippen LogP contribution in [-0.4, -0.2) is 99.1 Å². The largest absolute Gasteiger partial charge is 0.305 e. The van der Waals surface area contributed by atoms with Gasteiger partial charge in [-0.3, -0.25) is 0 Å². The van der Waals surface area contributed by atoms with Gasteiger partial charge < -0.3 is 19.6 Å². The summed E-state index contributed by atoms with van der Waals surface area (Å²) in [6.07, 6.45) is 1.32. The van der Waals surface area contributed by atoms with Crippen molar-refractivity contribution in [3.8, 4) is 0 Å². The van der Waals surface area contributed by atoms with Gasteiger partial charge >= 0.3 is 0 Å². The van der Waals surface area contributed by atoms with E-state index in [1.54, 1.807) is 0 Å². The lowest BCUT2D eigenvalue weighted by molar-refractivity contribution is 0.116. The molecule has 2 bridgehead atoms. The minimum atomic E-state index is 0.782. The van der Waals surface area contributed by atoms with Gasteiger partial charge in [-0.25, -0.2) is 0 Å². The first-order valence-electron chi connectivity index (χ1n) is 7.95. The van der Waals surface area contributed by atoms with Crippen LogP contribution < -0.4 is 0 Å². The van der Waals surface area contributed by atoms with Crippen LogP contribution in [0.2, 0.25) is 0 Å². The molecule has 4 nitrogen and oxygen atoms in total. The highest BCUT2D eigenvalue weighted by atomic mass is 15.3. The van der Waals surface area contributed by atoms with Crippen molar-refractivity contribution in [2.45, 2.75) is 13.3 Å². The predicted molar refractivity (Wildman–Crippen MR) is 81.7 cm³/mol. The molecule has 3 atom stereocenters. The highest BCUT2D eigenvalue weighted by molar-refractivity contribution is 4.74. The molecule has 2 heterocycles. The summed E-state index contributed by atoms with van der Waals surface area (Å²) in [5.74, 6) is 0.782. The first-order valence-corrected chi connectivity index (χ1v) is 7.95. The third-order valence-corrected chi connectivity index (χ3v) is 4.54. The van der Waals surface area contributed by atoms with E-state index >= 15 is 0 Å². The molecule has 0 spiro atoms. The van der Waals surface area contributed by atoms with Crippen LogP contribution in [0.4, 0.5) is 0 Å². The van der Waals surface area contributed by atoms with Gasteiger partial charge in [0, 0.05) is 52.4 Å². The fourth-order valence-electron chi connectivity index (χ4n) is 3.33. The van der Waals surface area contributed by atoms with Crippen LogP contribution in [0.25, 0.3) is 0 Å². The molecule has 0 radical (unpaired) electrons. The van der Waals surface area contributed by atoms with Crippen molar-refractivity contribution in [3.05, 3.63) is 0 Å². The Labute approximate surface area is 119 Å². The first-order chi connectivity index (χ1) is 9.13. The van der Waals surface area contributed by atoms with Crippen molar-refractivity contribution >= 4 is 0 Å². The van der Waals surface area contributed by atoms with Gasteiger partial charge in [-0.2, -0.15) is 0 Å². The zero-order valence-corrected chi connectivity index (χ0v) is 13.1. The van der Waals surface area contributed by atoms with Gasteiger partial charge in [-0.05, 0) is 39.5 Å². The van der Waals surface area contributed by atoms with Gasteiger partial charge in [0.2, 0.25) is 0 Å². The molecule has 112 valence electrons. The Morgan fingerprint density at radius 1 is 0.632 bits per heavy atom. The van der Waals surface area contributed by atoms with Crippen molar-refractivity contribution in [2.24, 2.45) is 5.92 Å². The van der Waals surface area contributed by atoms with Crippen molar-refractivity contribution in [3.63, 3.8) is 0 Å². The average molecular weight is 268 g/mol. The number of likely N-dealkylation sites (N-methyl/N-ethyl adjacent to an activating group) is 2. The third-order valence-electron chi connectivity index (χ3n) is 4.54. The van der Waals surface area contributed by atoms with Crippen LogP contribution >= 0.6 is 0 Å². The van der Waals surface area contributed by atoms with Gasteiger partial charge in [0.25, 0.3) is 0 Å². The molecule has 0 aromatic carbocycles. The molecule has 2 aliphatic rings. The maximum absolute atomic E-state index is 2.68. The highest BCUT2D eigenvalue weighted by Crippen LogP contribution is 2.08. The molecule has 0 saturated carbocycles. The molecular weight excluding hydrogens is 236 g/mol. The van der Waals surface area contributed by atoms with E-state index in [1.165, 1.54) is 71.9 Å². The lowest BCUT2D eigenvalue weighted by Gasteiger charge is -2.36. The number of hydrogen-bond donors (Lipinski definition) is 0. The molecule has 2 fully saturated rings. The Hall–Kier alpha value is -0.160. The molecule has 2 aliphatic heterocycles.